The summed E-state index contributed by atoms with van der Waals surface area (Å²) in [5.74, 6) is 5.74. The van der Waals surface area contributed by atoms with Gasteiger partial charge in [-0.1, -0.05) is 27.4 Å². The van der Waals surface area contributed by atoms with Crippen LogP contribution in [0.4, 0.5) is 0 Å². The minimum absolute atomic E-state index is 0.904. The predicted octanol–water partition coefficient (Wildman–Crippen LogP) is 1.28. The molecular formula is C17H40N6. The Kier molecular flexibility index (Phi) is 15.7. The lowest BCUT2D eigenvalue weighted by Gasteiger charge is -2.22. The number of hydrazine groups is 2. The summed E-state index contributed by atoms with van der Waals surface area (Å²) in [6, 6.07) is 0. The van der Waals surface area contributed by atoms with E-state index in [1.54, 1.807) is 0 Å². The third-order valence-corrected chi connectivity index (χ3v) is 3.77. The first kappa shape index (κ1) is 22.3. The minimum atomic E-state index is 0.904. The molecule has 0 unspecified atom stereocenters. The van der Waals surface area contributed by atoms with Gasteiger partial charge in [0.15, 0.2) is 0 Å². The summed E-state index contributed by atoms with van der Waals surface area (Å²) in [6.07, 6.45) is 4.65. The minimum Gasteiger partial charge on any atom is -0.326 e. The van der Waals surface area contributed by atoms with E-state index in [1.807, 2.05) is 5.01 Å². The zero-order valence-corrected chi connectivity index (χ0v) is 15.7. The smallest absolute Gasteiger partial charge is 0.0253 e. The number of rotatable bonds is 17. The Balaban J connectivity index is 3.65. The standard InChI is InChI=1S/C17H40N6/c1-5-13-22(15-10-17(4)21-20-6-2)14-9-8-11-19-12-16-23(18)7-3/h19-21H,4-16,18H2,1-3H3. The highest BCUT2D eigenvalue weighted by molar-refractivity contribution is 4.90. The molecule has 0 bridgehead atoms. The van der Waals surface area contributed by atoms with Gasteiger partial charge in [-0.2, -0.15) is 0 Å². The van der Waals surface area contributed by atoms with Crippen LogP contribution < -0.4 is 22.0 Å². The Morgan fingerprint density at radius 2 is 1.78 bits per heavy atom. The van der Waals surface area contributed by atoms with Crippen molar-refractivity contribution < 1.29 is 0 Å². The zero-order valence-electron chi connectivity index (χ0n) is 15.7. The van der Waals surface area contributed by atoms with E-state index < -0.39 is 0 Å². The van der Waals surface area contributed by atoms with Crippen LogP contribution in [0.5, 0.6) is 0 Å². The van der Waals surface area contributed by atoms with Crippen LogP contribution in [0.2, 0.25) is 0 Å². The second kappa shape index (κ2) is 16.2. The summed E-state index contributed by atoms with van der Waals surface area (Å²) in [7, 11) is 0. The fourth-order valence-corrected chi connectivity index (χ4v) is 2.31. The van der Waals surface area contributed by atoms with Crippen molar-refractivity contribution in [2.75, 3.05) is 52.4 Å². The molecule has 0 saturated heterocycles. The third kappa shape index (κ3) is 14.7. The summed E-state index contributed by atoms with van der Waals surface area (Å²) >= 11 is 0. The van der Waals surface area contributed by atoms with Crippen LogP contribution in [-0.4, -0.2) is 62.3 Å². The van der Waals surface area contributed by atoms with Crippen molar-refractivity contribution >= 4 is 0 Å². The maximum atomic E-state index is 5.74. The van der Waals surface area contributed by atoms with Gasteiger partial charge < -0.3 is 15.6 Å². The molecule has 0 aromatic rings. The van der Waals surface area contributed by atoms with E-state index in [1.165, 1.54) is 32.4 Å². The molecule has 5 N–H and O–H groups in total. The lowest BCUT2D eigenvalue weighted by Crippen LogP contribution is -2.37. The molecule has 0 aromatic carbocycles. The van der Waals surface area contributed by atoms with E-state index in [0.29, 0.717) is 0 Å². The monoisotopic (exact) mass is 328 g/mol. The van der Waals surface area contributed by atoms with Crippen molar-refractivity contribution in [1.29, 1.82) is 0 Å². The van der Waals surface area contributed by atoms with Crippen LogP contribution in [0.1, 0.15) is 46.5 Å². The molecule has 0 heterocycles. The molecule has 0 aromatic heterocycles. The Hall–Kier alpha value is -0.660. The lowest BCUT2D eigenvalue weighted by molar-refractivity contribution is 0.267. The number of nitrogens with zero attached hydrogens (tertiary/aromatic N) is 2. The Morgan fingerprint density at radius 3 is 2.43 bits per heavy atom. The van der Waals surface area contributed by atoms with Crippen molar-refractivity contribution in [3.63, 3.8) is 0 Å². The molecule has 0 radical (unpaired) electrons. The number of unbranched alkanes of at least 4 members (excludes halogenated alkanes) is 1. The van der Waals surface area contributed by atoms with Gasteiger partial charge in [0.25, 0.3) is 0 Å². The van der Waals surface area contributed by atoms with E-state index in [0.717, 1.165) is 51.4 Å². The summed E-state index contributed by atoms with van der Waals surface area (Å²) in [6.45, 7) is 18.6. The first-order valence-corrected chi connectivity index (χ1v) is 9.23. The van der Waals surface area contributed by atoms with Crippen molar-refractivity contribution in [1.82, 2.24) is 26.1 Å². The summed E-state index contributed by atoms with van der Waals surface area (Å²) in [5.41, 5.74) is 7.30. The second-order valence-electron chi connectivity index (χ2n) is 5.94. The Bertz CT molecular complexity index is 272. The normalized spacial score (nSPS) is 11.4. The molecule has 6 heteroatoms. The van der Waals surface area contributed by atoms with Crippen LogP contribution in [0.3, 0.4) is 0 Å². The van der Waals surface area contributed by atoms with E-state index in [4.69, 9.17) is 5.84 Å². The molecule has 138 valence electrons. The molecule has 0 spiro atoms. The number of nitrogens with one attached hydrogen (secondary N) is 3. The van der Waals surface area contributed by atoms with Crippen LogP contribution in [0, 0.1) is 0 Å². The summed E-state index contributed by atoms with van der Waals surface area (Å²) < 4.78 is 0. The first-order valence-electron chi connectivity index (χ1n) is 9.23. The highest BCUT2D eigenvalue weighted by atomic mass is 15.4. The van der Waals surface area contributed by atoms with E-state index in [9.17, 15) is 0 Å². The molecule has 0 saturated carbocycles. The largest absolute Gasteiger partial charge is 0.326 e. The fraction of sp³-hybridized carbons (Fsp3) is 0.882. The van der Waals surface area contributed by atoms with Gasteiger partial charge in [-0.25, -0.2) is 10.4 Å². The summed E-state index contributed by atoms with van der Waals surface area (Å²) in [4.78, 5) is 2.54. The fourth-order valence-electron chi connectivity index (χ4n) is 2.31. The maximum Gasteiger partial charge on any atom is 0.0253 e. The van der Waals surface area contributed by atoms with Gasteiger partial charge in [-0.15, -0.1) is 0 Å². The first-order chi connectivity index (χ1) is 11.1. The zero-order chi connectivity index (χ0) is 17.3. The van der Waals surface area contributed by atoms with Crippen LogP contribution in [-0.2, 0) is 0 Å². The Morgan fingerprint density at radius 1 is 1.00 bits per heavy atom. The highest BCUT2D eigenvalue weighted by Crippen LogP contribution is 2.01. The van der Waals surface area contributed by atoms with Gasteiger partial charge >= 0.3 is 0 Å². The second-order valence-corrected chi connectivity index (χ2v) is 5.94. The lowest BCUT2D eigenvalue weighted by atomic mass is 10.2. The molecule has 23 heavy (non-hydrogen) atoms. The number of hydrogen-bond acceptors (Lipinski definition) is 6. The molecule has 0 aliphatic heterocycles. The molecule has 0 amide bonds. The number of likely N-dealkylation sites (N-methyl/N-ethyl adjacent to an activating group) is 1. The maximum absolute atomic E-state index is 5.74. The van der Waals surface area contributed by atoms with Crippen molar-refractivity contribution in [3.05, 3.63) is 12.3 Å². The van der Waals surface area contributed by atoms with Crippen LogP contribution >= 0.6 is 0 Å². The third-order valence-electron chi connectivity index (χ3n) is 3.77. The molecule has 0 fully saturated rings. The number of nitrogens with two attached hydrogens (primary N) is 1. The van der Waals surface area contributed by atoms with Crippen LogP contribution in [0.25, 0.3) is 0 Å². The topological polar surface area (TPSA) is 68.6 Å². The van der Waals surface area contributed by atoms with Gasteiger partial charge in [-0.3, -0.25) is 5.84 Å². The Labute approximate surface area is 143 Å². The average molecular weight is 329 g/mol. The highest BCUT2D eigenvalue weighted by Gasteiger charge is 2.04. The van der Waals surface area contributed by atoms with E-state index in [2.05, 4.69) is 48.4 Å². The van der Waals surface area contributed by atoms with Gasteiger partial charge in [0.2, 0.25) is 0 Å². The van der Waals surface area contributed by atoms with E-state index >= 15 is 0 Å². The van der Waals surface area contributed by atoms with Crippen molar-refractivity contribution in [2.45, 2.75) is 46.5 Å². The predicted molar refractivity (Wildman–Crippen MR) is 101 cm³/mol. The van der Waals surface area contributed by atoms with Crippen molar-refractivity contribution in [3.8, 4) is 0 Å². The molecule has 0 atom stereocenters. The van der Waals surface area contributed by atoms with E-state index in [-0.39, 0.29) is 0 Å². The molecule has 0 aliphatic carbocycles. The van der Waals surface area contributed by atoms with Gasteiger partial charge in [0, 0.05) is 44.8 Å². The summed E-state index contributed by atoms with van der Waals surface area (Å²) in [5, 5.41) is 5.29. The van der Waals surface area contributed by atoms with Gasteiger partial charge in [-0.05, 0) is 38.9 Å². The number of hydrogen-bond donors (Lipinski definition) is 4. The molecular weight excluding hydrogens is 288 g/mol. The SMILES string of the molecule is C=C(CCN(CCC)CCCCNCCN(N)CC)NNCC. The average Bonchev–Trinajstić information content (AvgIpc) is 2.56. The van der Waals surface area contributed by atoms with Gasteiger partial charge in [0.05, 0.1) is 0 Å². The molecule has 6 nitrogen and oxygen atoms in total. The molecule has 0 aliphatic rings. The molecule has 0 rings (SSSR count). The van der Waals surface area contributed by atoms with Crippen molar-refractivity contribution in [2.24, 2.45) is 5.84 Å². The quantitative estimate of drug-likeness (QED) is 0.183. The van der Waals surface area contributed by atoms with Crippen LogP contribution in [0.15, 0.2) is 12.3 Å². The van der Waals surface area contributed by atoms with Gasteiger partial charge in [0.1, 0.15) is 0 Å².